The lowest BCUT2D eigenvalue weighted by Gasteiger charge is -2.16. The highest BCUT2D eigenvalue weighted by atomic mass is 35.5. The van der Waals surface area contributed by atoms with Gasteiger partial charge in [0.05, 0.1) is 5.69 Å². The molecule has 1 aliphatic rings. The zero-order chi connectivity index (χ0) is 9.26. The first kappa shape index (κ1) is 8.59. The van der Waals surface area contributed by atoms with Crippen molar-refractivity contribution < 1.29 is 4.79 Å². The Kier molecular flexibility index (Phi) is 2.24. The summed E-state index contributed by atoms with van der Waals surface area (Å²) in [5, 5.41) is 3.31. The van der Waals surface area contributed by atoms with Gasteiger partial charge in [-0.25, -0.2) is 9.97 Å². The summed E-state index contributed by atoms with van der Waals surface area (Å²) >= 11 is 5.66. The molecule has 0 aliphatic carbocycles. The van der Waals surface area contributed by atoms with E-state index in [0.29, 0.717) is 12.2 Å². The van der Waals surface area contributed by atoms with Gasteiger partial charge in [0, 0.05) is 25.1 Å². The van der Waals surface area contributed by atoms with Crippen molar-refractivity contribution in [2.24, 2.45) is 0 Å². The molecule has 0 fully saturated rings. The average Bonchev–Trinajstić information content (AvgIpc) is 2.16. The van der Waals surface area contributed by atoms with Crippen LogP contribution >= 0.6 is 11.6 Å². The molecule has 0 amide bonds. The molecule has 0 bridgehead atoms. The Bertz CT molecular complexity index is 353. The minimum Gasteiger partial charge on any atom is -0.312 e. The maximum absolute atomic E-state index is 10.7. The van der Waals surface area contributed by atoms with E-state index in [1.54, 1.807) is 0 Å². The predicted molar refractivity (Wildman–Crippen MR) is 47.8 cm³/mol. The highest BCUT2D eigenvalue weighted by Crippen LogP contribution is 2.15. The summed E-state index contributed by atoms with van der Waals surface area (Å²) in [7, 11) is 0. The lowest BCUT2D eigenvalue weighted by molar-refractivity contribution is 0.111. The number of hydrogen-bond acceptors (Lipinski definition) is 4. The Morgan fingerprint density at radius 1 is 1.46 bits per heavy atom. The number of fused-ring (bicyclic) bond motifs is 1. The summed E-state index contributed by atoms with van der Waals surface area (Å²) in [5.41, 5.74) is 2.17. The third-order valence-corrected chi connectivity index (χ3v) is 2.22. The van der Waals surface area contributed by atoms with Gasteiger partial charge in [-0.05, 0) is 11.6 Å². The van der Waals surface area contributed by atoms with Gasteiger partial charge >= 0.3 is 0 Å². The topological polar surface area (TPSA) is 54.9 Å². The second-order valence-electron chi connectivity index (χ2n) is 2.85. The molecule has 1 aromatic heterocycles. The minimum absolute atomic E-state index is 0.155. The summed E-state index contributed by atoms with van der Waals surface area (Å²) in [6.07, 6.45) is 1.53. The van der Waals surface area contributed by atoms with E-state index in [9.17, 15) is 4.79 Å². The smallest absolute Gasteiger partial charge is 0.223 e. The van der Waals surface area contributed by atoms with Crippen LogP contribution in [0.15, 0.2) is 0 Å². The largest absolute Gasteiger partial charge is 0.312 e. The fourth-order valence-electron chi connectivity index (χ4n) is 1.44. The molecule has 0 aromatic carbocycles. The molecule has 0 saturated carbocycles. The fourth-order valence-corrected chi connectivity index (χ4v) is 1.63. The number of aldehydes is 1. The second kappa shape index (κ2) is 3.40. The lowest BCUT2D eigenvalue weighted by Crippen LogP contribution is -2.26. The lowest BCUT2D eigenvalue weighted by atomic mass is 10.1. The molecule has 0 radical (unpaired) electrons. The van der Waals surface area contributed by atoms with Gasteiger partial charge in [0.1, 0.15) is 5.69 Å². The highest BCUT2D eigenvalue weighted by molar-refractivity contribution is 6.28. The average molecular weight is 198 g/mol. The predicted octanol–water partition coefficient (Wildman–Crippen LogP) is 0.588. The summed E-state index contributed by atoms with van der Waals surface area (Å²) in [4.78, 5) is 18.6. The molecule has 2 heterocycles. The van der Waals surface area contributed by atoms with Crippen LogP contribution in [0.5, 0.6) is 0 Å². The number of carbonyl (C=O) groups is 1. The number of nitrogens with one attached hydrogen (secondary N) is 1. The summed E-state index contributed by atoms with van der Waals surface area (Å²) in [6.45, 7) is 1.53. The van der Waals surface area contributed by atoms with E-state index in [4.69, 9.17) is 11.6 Å². The van der Waals surface area contributed by atoms with Crippen molar-refractivity contribution in [1.29, 1.82) is 0 Å². The standard InChI is InChI=1S/C8H8ClN3O/c9-8-11-6-1-2-10-3-5(6)7(4-13)12-8/h4,10H,1-3H2. The van der Waals surface area contributed by atoms with Crippen molar-refractivity contribution in [3.63, 3.8) is 0 Å². The highest BCUT2D eigenvalue weighted by Gasteiger charge is 2.15. The molecule has 68 valence electrons. The Balaban J connectivity index is 2.56. The van der Waals surface area contributed by atoms with Crippen LogP contribution in [0.2, 0.25) is 5.28 Å². The van der Waals surface area contributed by atoms with Gasteiger partial charge < -0.3 is 5.32 Å². The first-order chi connectivity index (χ1) is 6.31. The SMILES string of the molecule is O=Cc1nc(Cl)nc2c1CNCC2. The number of aromatic nitrogens is 2. The molecule has 2 rings (SSSR count). The van der Waals surface area contributed by atoms with Gasteiger partial charge in [0.15, 0.2) is 6.29 Å². The molecule has 0 atom stereocenters. The van der Waals surface area contributed by atoms with Crippen molar-refractivity contribution in [2.75, 3.05) is 6.54 Å². The van der Waals surface area contributed by atoms with E-state index in [1.165, 1.54) is 0 Å². The van der Waals surface area contributed by atoms with Gasteiger partial charge in [-0.2, -0.15) is 0 Å². The van der Waals surface area contributed by atoms with Crippen LogP contribution in [0.1, 0.15) is 21.7 Å². The van der Waals surface area contributed by atoms with Crippen LogP contribution in [0, 0.1) is 0 Å². The molecular weight excluding hydrogens is 190 g/mol. The zero-order valence-corrected chi connectivity index (χ0v) is 7.64. The molecule has 1 aliphatic heterocycles. The minimum atomic E-state index is 0.155. The zero-order valence-electron chi connectivity index (χ0n) is 6.88. The molecule has 0 spiro atoms. The quantitative estimate of drug-likeness (QED) is 0.529. The number of hydrogen-bond donors (Lipinski definition) is 1. The van der Waals surface area contributed by atoms with Crippen molar-refractivity contribution in [3.8, 4) is 0 Å². The number of rotatable bonds is 1. The summed E-state index contributed by atoms with van der Waals surface area (Å²) < 4.78 is 0. The molecule has 13 heavy (non-hydrogen) atoms. The number of halogens is 1. The monoisotopic (exact) mass is 197 g/mol. The van der Waals surface area contributed by atoms with Crippen LogP contribution in [0.25, 0.3) is 0 Å². The van der Waals surface area contributed by atoms with Crippen molar-refractivity contribution >= 4 is 17.9 Å². The Morgan fingerprint density at radius 3 is 3.08 bits per heavy atom. The Morgan fingerprint density at radius 2 is 2.31 bits per heavy atom. The van der Waals surface area contributed by atoms with Gasteiger partial charge in [0.25, 0.3) is 0 Å². The fraction of sp³-hybridized carbons (Fsp3) is 0.375. The summed E-state index contributed by atoms with van der Waals surface area (Å²) in [5.74, 6) is 0. The molecule has 4 nitrogen and oxygen atoms in total. The van der Waals surface area contributed by atoms with Gasteiger partial charge in [-0.3, -0.25) is 4.79 Å². The van der Waals surface area contributed by atoms with Crippen LogP contribution < -0.4 is 5.32 Å². The maximum Gasteiger partial charge on any atom is 0.223 e. The number of carbonyl (C=O) groups excluding carboxylic acids is 1. The Hall–Kier alpha value is -1.00. The first-order valence-corrected chi connectivity index (χ1v) is 4.40. The van der Waals surface area contributed by atoms with Gasteiger partial charge in [0.2, 0.25) is 5.28 Å². The van der Waals surface area contributed by atoms with Gasteiger partial charge in [-0.1, -0.05) is 0 Å². The van der Waals surface area contributed by atoms with Crippen LogP contribution in [0.3, 0.4) is 0 Å². The normalized spacial score (nSPS) is 15.2. The molecule has 1 aromatic rings. The van der Waals surface area contributed by atoms with Crippen LogP contribution in [-0.2, 0) is 13.0 Å². The van der Waals surface area contributed by atoms with E-state index in [2.05, 4.69) is 15.3 Å². The van der Waals surface area contributed by atoms with E-state index in [-0.39, 0.29) is 5.28 Å². The van der Waals surface area contributed by atoms with E-state index in [1.807, 2.05) is 0 Å². The van der Waals surface area contributed by atoms with E-state index in [0.717, 1.165) is 30.5 Å². The Labute approximate surface area is 80.3 Å². The van der Waals surface area contributed by atoms with E-state index < -0.39 is 0 Å². The molecule has 0 unspecified atom stereocenters. The second-order valence-corrected chi connectivity index (χ2v) is 3.19. The van der Waals surface area contributed by atoms with Crippen molar-refractivity contribution in [2.45, 2.75) is 13.0 Å². The van der Waals surface area contributed by atoms with E-state index >= 15 is 0 Å². The molecule has 1 N–H and O–H groups in total. The summed E-state index contributed by atoms with van der Waals surface area (Å²) in [6, 6.07) is 0. The molecule has 0 saturated heterocycles. The van der Waals surface area contributed by atoms with Gasteiger partial charge in [-0.15, -0.1) is 0 Å². The van der Waals surface area contributed by atoms with Crippen molar-refractivity contribution in [1.82, 2.24) is 15.3 Å². The third kappa shape index (κ3) is 1.55. The molecular formula is C8H8ClN3O. The molecule has 5 heteroatoms. The first-order valence-electron chi connectivity index (χ1n) is 4.02. The van der Waals surface area contributed by atoms with Crippen LogP contribution in [-0.4, -0.2) is 22.8 Å². The van der Waals surface area contributed by atoms with Crippen molar-refractivity contribution in [3.05, 3.63) is 22.2 Å². The maximum atomic E-state index is 10.7. The third-order valence-electron chi connectivity index (χ3n) is 2.05. The van der Waals surface area contributed by atoms with Crippen LogP contribution in [0.4, 0.5) is 0 Å². The number of nitrogens with zero attached hydrogens (tertiary/aromatic N) is 2.